The molecule has 2 unspecified atom stereocenters. The van der Waals surface area contributed by atoms with Crippen LogP contribution in [0.1, 0.15) is 30.2 Å². The third kappa shape index (κ3) is 2.86. The molecule has 15 heavy (non-hydrogen) atoms. The summed E-state index contributed by atoms with van der Waals surface area (Å²) in [4.78, 5) is 0.455. The molecule has 2 rings (SSSR count). The van der Waals surface area contributed by atoms with Crippen LogP contribution in [0.25, 0.3) is 0 Å². The quantitative estimate of drug-likeness (QED) is 0.575. The number of halogens is 3. The standard InChI is InChI=1S/C12H13Br3/c1-7(8-2-3-8)12(15)10-6-9(13)4-5-11(10)14/h4-8,12H,2-3H2,1H3. The zero-order chi connectivity index (χ0) is 11.0. The molecule has 0 saturated heterocycles. The van der Waals surface area contributed by atoms with E-state index in [4.69, 9.17) is 0 Å². The Kier molecular flexibility index (Phi) is 3.95. The van der Waals surface area contributed by atoms with Gasteiger partial charge in [-0.05, 0) is 48.4 Å². The minimum Gasteiger partial charge on any atom is -0.0835 e. The highest BCUT2D eigenvalue weighted by molar-refractivity contribution is 9.11. The highest BCUT2D eigenvalue weighted by Crippen LogP contribution is 2.47. The SMILES string of the molecule is CC(C1CC1)C(Br)c1cc(Br)ccc1Br. The monoisotopic (exact) mass is 394 g/mol. The summed E-state index contributed by atoms with van der Waals surface area (Å²) in [5.41, 5.74) is 1.35. The zero-order valence-electron chi connectivity index (χ0n) is 8.51. The van der Waals surface area contributed by atoms with E-state index in [0.717, 1.165) is 16.3 Å². The highest BCUT2D eigenvalue weighted by Gasteiger charge is 2.33. The van der Waals surface area contributed by atoms with Crippen molar-refractivity contribution in [1.29, 1.82) is 0 Å². The Morgan fingerprint density at radius 3 is 2.53 bits per heavy atom. The molecule has 1 aromatic rings. The Labute approximate surface area is 116 Å². The van der Waals surface area contributed by atoms with Crippen molar-refractivity contribution >= 4 is 47.8 Å². The van der Waals surface area contributed by atoms with Crippen LogP contribution in [0.3, 0.4) is 0 Å². The van der Waals surface area contributed by atoms with Gasteiger partial charge in [-0.3, -0.25) is 0 Å². The summed E-state index contributed by atoms with van der Waals surface area (Å²) < 4.78 is 2.34. The van der Waals surface area contributed by atoms with Gasteiger partial charge < -0.3 is 0 Å². The van der Waals surface area contributed by atoms with Gasteiger partial charge >= 0.3 is 0 Å². The van der Waals surface area contributed by atoms with Gasteiger partial charge in [0.25, 0.3) is 0 Å². The van der Waals surface area contributed by atoms with Crippen LogP contribution < -0.4 is 0 Å². The molecule has 1 fully saturated rings. The lowest BCUT2D eigenvalue weighted by Crippen LogP contribution is -2.06. The molecule has 0 spiro atoms. The van der Waals surface area contributed by atoms with Crippen molar-refractivity contribution in [3.05, 3.63) is 32.7 Å². The molecule has 3 heteroatoms. The molecular formula is C12H13Br3. The van der Waals surface area contributed by atoms with Gasteiger partial charge in [0.15, 0.2) is 0 Å². The van der Waals surface area contributed by atoms with Gasteiger partial charge in [0, 0.05) is 13.8 Å². The molecule has 0 amide bonds. The van der Waals surface area contributed by atoms with E-state index in [1.165, 1.54) is 22.9 Å². The largest absolute Gasteiger partial charge is 0.0835 e. The van der Waals surface area contributed by atoms with E-state index in [-0.39, 0.29) is 0 Å². The summed E-state index contributed by atoms with van der Waals surface area (Å²) in [6.07, 6.45) is 2.80. The molecule has 1 aromatic carbocycles. The molecule has 1 aliphatic rings. The minimum atomic E-state index is 0.455. The predicted molar refractivity (Wildman–Crippen MR) is 75.4 cm³/mol. The Morgan fingerprint density at radius 1 is 1.27 bits per heavy atom. The smallest absolute Gasteiger partial charge is 0.0435 e. The van der Waals surface area contributed by atoms with Gasteiger partial charge in [-0.25, -0.2) is 0 Å². The summed E-state index contributed by atoms with van der Waals surface area (Å²) in [5, 5.41) is 0. The maximum absolute atomic E-state index is 3.83. The van der Waals surface area contributed by atoms with E-state index in [1.54, 1.807) is 0 Å². The number of hydrogen-bond acceptors (Lipinski definition) is 0. The summed E-state index contributed by atoms with van der Waals surface area (Å²) in [6, 6.07) is 6.37. The van der Waals surface area contributed by atoms with Crippen LogP contribution >= 0.6 is 47.8 Å². The maximum atomic E-state index is 3.83. The summed E-state index contributed by atoms with van der Waals surface area (Å²) in [5.74, 6) is 1.64. The second-order valence-corrected chi connectivity index (χ2v) is 7.02. The lowest BCUT2D eigenvalue weighted by atomic mass is 9.97. The molecule has 0 radical (unpaired) electrons. The Balaban J connectivity index is 2.23. The zero-order valence-corrected chi connectivity index (χ0v) is 13.3. The average molecular weight is 397 g/mol. The van der Waals surface area contributed by atoms with Gasteiger partial charge in [-0.2, -0.15) is 0 Å². The molecule has 2 atom stereocenters. The molecule has 0 nitrogen and oxygen atoms in total. The van der Waals surface area contributed by atoms with Crippen molar-refractivity contribution in [3.8, 4) is 0 Å². The van der Waals surface area contributed by atoms with Gasteiger partial charge in [0.2, 0.25) is 0 Å². The lowest BCUT2D eigenvalue weighted by molar-refractivity contribution is 0.502. The number of alkyl halides is 1. The molecule has 1 aliphatic carbocycles. The van der Waals surface area contributed by atoms with E-state index in [1.807, 2.05) is 0 Å². The fraction of sp³-hybridized carbons (Fsp3) is 0.500. The van der Waals surface area contributed by atoms with Crippen LogP contribution in [-0.4, -0.2) is 0 Å². The third-order valence-electron chi connectivity index (χ3n) is 3.08. The van der Waals surface area contributed by atoms with Gasteiger partial charge in [0.05, 0.1) is 0 Å². The lowest BCUT2D eigenvalue weighted by Gasteiger charge is -2.19. The van der Waals surface area contributed by atoms with Gasteiger partial charge in [-0.15, -0.1) is 0 Å². The van der Waals surface area contributed by atoms with E-state index >= 15 is 0 Å². The highest BCUT2D eigenvalue weighted by atomic mass is 79.9. The second kappa shape index (κ2) is 4.89. The first-order chi connectivity index (χ1) is 7.09. The van der Waals surface area contributed by atoms with Crippen molar-refractivity contribution < 1.29 is 0 Å². The van der Waals surface area contributed by atoms with Crippen LogP contribution in [0, 0.1) is 11.8 Å². The normalized spacial score (nSPS) is 20.0. The molecule has 82 valence electrons. The predicted octanol–water partition coefficient (Wildman–Crippen LogP) is 5.69. The molecule has 0 aliphatic heterocycles. The number of benzene rings is 1. The van der Waals surface area contributed by atoms with E-state index in [9.17, 15) is 0 Å². The van der Waals surface area contributed by atoms with Gasteiger partial charge in [0.1, 0.15) is 0 Å². The molecular weight excluding hydrogens is 384 g/mol. The molecule has 0 N–H and O–H groups in total. The average Bonchev–Trinajstić information content (AvgIpc) is 3.03. The van der Waals surface area contributed by atoms with Crippen molar-refractivity contribution in [3.63, 3.8) is 0 Å². The minimum absolute atomic E-state index is 0.455. The summed E-state index contributed by atoms with van der Waals surface area (Å²) in [6.45, 7) is 2.34. The van der Waals surface area contributed by atoms with Crippen molar-refractivity contribution in [1.82, 2.24) is 0 Å². The van der Waals surface area contributed by atoms with E-state index < -0.39 is 0 Å². The van der Waals surface area contributed by atoms with Crippen molar-refractivity contribution in [2.75, 3.05) is 0 Å². The Morgan fingerprint density at radius 2 is 1.93 bits per heavy atom. The van der Waals surface area contributed by atoms with Crippen LogP contribution in [0.4, 0.5) is 0 Å². The van der Waals surface area contributed by atoms with Crippen LogP contribution in [0.15, 0.2) is 27.1 Å². The maximum Gasteiger partial charge on any atom is 0.0435 e. The topological polar surface area (TPSA) is 0 Å². The Hall–Kier alpha value is 0.660. The van der Waals surface area contributed by atoms with Crippen molar-refractivity contribution in [2.24, 2.45) is 11.8 Å². The van der Waals surface area contributed by atoms with Crippen LogP contribution in [-0.2, 0) is 0 Å². The molecule has 0 bridgehead atoms. The van der Waals surface area contributed by atoms with Gasteiger partial charge in [-0.1, -0.05) is 54.7 Å². The van der Waals surface area contributed by atoms with Crippen LogP contribution in [0.5, 0.6) is 0 Å². The first-order valence-electron chi connectivity index (χ1n) is 5.18. The fourth-order valence-corrected chi connectivity index (χ4v) is 3.86. The summed E-state index contributed by atoms with van der Waals surface area (Å²) in [7, 11) is 0. The number of rotatable bonds is 3. The second-order valence-electron chi connectivity index (χ2n) is 4.26. The third-order valence-corrected chi connectivity index (χ3v) is 5.62. The summed E-state index contributed by atoms with van der Waals surface area (Å²) >= 11 is 11.0. The molecule has 0 heterocycles. The first kappa shape index (κ1) is 12.1. The fourth-order valence-electron chi connectivity index (χ4n) is 1.87. The first-order valence-corrected chi connectivity index (χ1v) is 7.69. The number of hydrogen-bond donors (Lipinski definition) is 0. The van der Waals surface area contributed by atoms with E-state index in [0.29, 0.717) is 4.83 Å². The van der Waals surface area contributed by atoms with E-state index in [2.05, 4.69) is 72.9 Å². The molecule has 0 aromatic heterocycles. The Bertz CT molecular complexity index is 358. The van der Waals surface area contributed by atoms with Crippen LogP contribution in [0.2, 0.25) is 0 Å². The molecule has 1 saturated carbocycles. The van der Waals surface area contributed by atoms with Crippen molar-refractivity contribution in [2.45, 2.75) is 24.6 Å².